The Morgan fingerprint density at radius 3 is 2.84 bits per heavy atom. The van der Waals surface area contributed by atoms with E-state index in [1.54, 1.807) is 12.4 Å². The minimum Gasteiger partial charge on any atom is -0.478 e. The van der Waals surface area contributed by atoms with Crippen molar-refractivity contribution in [3.05, 3.63) is 48.3 Å². The second-order valence-electron chi connectivity index (χ2n) is 6.23. The molecule has 25 heavy (non-hydrogen) atoms. The number of anilines is 1. The Morgan fingerprint density at radius 2 is 2.12 bits per heavy atom. The lowest BCUT2D eigenvalue weighted by molar-refractivity contribution is -0.131. The van der Waals surface area contributed by atoms with Crippen LogP contribution in [0.15, 0.2) is 42.7 Å². The number of nitrogens with zero attached hydrogens (tertiary/aromatic N) is 3. The van der Waals surface area contributed by atoms with Gasteiger partial charge in [-0.1, -0.05) is 6.07 Å². The van der Waals surface area contributed by atoms with Crippen LogP contribution in [0.4, 0.5) is 5.82 Å². The van der Waals surface area contributed by atoms with Gasteiger partial charge in [-0.2, -0.15) is 0 Å². The molecule has 3 rings (SSSR count). The van der Waals surface area contributed by atoms with Gasteiger partial charge in [-0.3, -0.25) is 4.98 Å². The van der Waals surface area contributed by atoms with Crippen molar-refractivity contribution in [3.8, 4) is 11.3 Å². The van der Waals surface area contributed by atoms with Crippen molar-refractivity contribution in [2.75, 3.05) is 24.5 Å². The van der Waals surface area contributed by atoms with E-state index in [0.717, 1.165) is 61.2 Å². The minimum atomic E-state index is -0.980. The van der Waals surface area contributed by atoms with Gasteiger partial charge in [0.1, 0.15) is 5.82 Å². The van der Waals surface area contributed by atoms with Crippen LogP contribution in [-0.2, 0) is 4.79 Å². The topological polar surface area (TPSA) is 92.3 Å². The predicted molar refractivity (Wildman–Crippen MR) is 98.1 cm³/mol. The SMILES string of the molecule is NCC1CCN(c2cccc(-c3cncc(/C=C/C(=O)O)c3)n2)CC1. The summed E-state index contributed by atoms with van der Waals surface area (Å²) in [5.74, 6) is 0.590. The van der Waals surface area contributed by atoms with Crippen molar-refractivity contribution >= 4 is 17.9 Å². The average Bonchev–Trinajstić information content (AvgIpc) is 2.67. The summed E-state index contributed by atoms with van der Waals surface area (Å²) < 4.78 is 0. The van der Waals surface area contributed by atoms with Crippen molar-refractivity contribution in [2.45, 2.75) is 12.8 Å². The molecule has 1 saturated heterocycles. The van der Waals surface area contributed by atoms with Gasteiger partial charge in [-0.05, 0) is 55.1 Å². The summed E-state index contributed by atoms with van der Waals surface area (Å²) in [6.07, 6.45) is 8.20. The minimum absolute atomic E-state index is 0.612. The lowest BCUT2D eigenvalue weighted by atomic mass is 9.97. The first-order chi connectivity index (χ1) is 12.2. The molecule has 0 aliphatic carbocycles. The molecule has 0 unspecified atom stereocenters. The van der Waals surface area contributed by atoms with Gasteiger partial charge in [0.05, 0.1) is 5.69 Å². The number of aromatic nitrogens is 2. The molecule has 6 nitrogen and oxygen atoms in total. The Balaban J connectivity index is 1.80. The lowest BCUT2D eigenvalue weighted by Crippen LogP contribution is -2.36. The number of nitrogens with two attached hydrogens (primary N) is 1. The Bertz CT molecular complexity index is 768. The number of pyridine rings is 2. The largest absolute Gasteiger partial charge is 0.478 e. The highest BCUT2D eigenvalue weighted by molar-refractivity contribution is 5.85. The number of carboxylic acids is 1. The molecule has 0 amide bonds. The van der Waals surface area contributed by atoms with E-state index in [4.69, 9.17) is 15.8 Å². The molecule has 0 atom stereocenters. The first-order valence-corrected chi connectivity index (χ1v) is 8.44. The van der Waals surface area contributed by atoms with Crippen LogP contribution in [0.2, 0.25) is 0 Å². The van der Waals surface area contributed by atoms with E-state index in [0.29, 0.717) is 5.92 Å². The third-order valence-corrected chi connectivity index (χ3v) is 4.48. The third kappa shape index (κ3) is 4.42. The molecule has 2 aromatic rings. The first kappa shape index (κ1) is 17.1. The highest BCUT2D eigenvalue weighted by Gasteiger charge is 2.19. The number of carbonyl (C=O) groups is 1. The van der Waals surface area contributed by atoms with Gasteiger partial charge in [0.25, 0.3) is 0 Å². The fourth-order valence-electron chi connectivity index (χ4n) is 3.01. The summed E-state index contributed by atoms with van der Waals surface area (Å²) in [6, 6.07) is 7.84. The monoisotopic (exact) mass is 338 g/mol. The summed E-state index contributed by atoms with van der Waals surface area (Å²) in [6.45, 7) is 2.69. The molecule has 2 aromatic heterocycles. The molecule has 0 spiro atoms. The fraction of sp³-hybridized carbons (Fsp3) is 0.316. The number of carboxylic acid groups (broad SMARTS) is 1. The molecule has 1 aliphatic rings. The van der Waals surface area contributed by atoms with E-state index < -0.39 is 5.97 Å². The van der Waals surface area contributed by atoms with E-state index in [9.17, 15) is 4.79 Å². The predicted octanol–water partition coefficient (Wildman–Crippen LogP) is 2.42. The second kappa shape index (κ2) is 7.90. The molecule has 3 heterocycles. The maximum atomic E-state index is 10.7. The van der Waals surface area contributed by atoms with Crippen molar-refractivity contribution < 1.29 is 9.90 Å². The number of hydrogen-bond donors (Lipinski definition) is 2. The molecule has 0 bridgehead atoms. The van der Waals surface area contributed by atoms with Crippen LogP contribution in [0.3, 0.4) is 0 Å². The maximum absolute atomic E-state index is 10.7. The standard InChI is InChI=1S/C19H22N4O2/c20-11-14-6-8-23(9-7-14)18-3-1-2-17(22-18)16-10-15(12-21-13-16)4-5-19(24)25/h1-5,10,12-14H,6-9,11,20H2,(H,24,25)/b5-4+. The van der Waals surface area contributed by atoms with Crippen LogP contribution in [0.5, 0.6) is 0 Å². The molecule has 3 N–H and O–H groups in total. The summed E-state index contributed by atoms with van der Waals surface area (Å²) in [5, 5.41) is 8.75. The first-order valence-electron chi connectivity index (χ1n) is 8.44. The summed E-state index contributed by atoms with van der Waals surface area (Å²) in [7, 11) is 0. The van der Waals surface area contributed by atoms with Gasteiger partial charge in [0, 0.05) is 37.1 Å². The Hall–Kier alpha value is -2.73. The quantitative estimate of drug-likeness (QED) is 0.814. The summed E-state index contributed by atoms with van der Waals surface area (Å²) in [4.78, 5) is 21.9. The molecule has 1 fully saturated rings. The smallest absolute Gasteiger partial charge is 0.328 e. The van der Waals surface area contributed by atoms with Gasteiger partial charge in [0.2, 0.25) is 0 Å². The highest BCUT2D eigenvalue weighted by Crippen LogP contribution is 2.24. The van der Waals surface area contributed by atoms with E-state index >= 15 is 0 Å². The molecule has 130 valence electrons. The maximum Gasteiger partial charge on any atom is 0.328 e. The van der Waals surface area contributed by atoms with Crippen LogP contribution < -0.4 is 10.6 Å². The van der Waals surface area contributed by atoms with Crippen molar-refractivity contribution in [3.63, 3.8) is 0 Å². The molecule has 0 saturated carbocycles. The number of piperidine rings is 1. The zero-order valence-electron chi connectivity index (χ0n) is 14.0. The van der Waals surface area contributed by atoms with Gasteiger partial charge in [-0.15, -0.1) is 0 Å². The van der Waals surface area contributed by atoms with E-state index in [1.165, 1.54) is 6.08 Å². The molecule has 0 aromatic carbocycles. The van der Waals surface area contributed by atoms with Gasteiger partial charge in [0.15, 0.2) is 0 Å². The Labute approximate surface area is 147 Å². The molecular weight excluding hydrogens is 316 g/mol. The van der Waals surface area contributed by atoms with Crippen molar-refractivity contribution in [1.82, 2.24) is 9.97 Å². The van der Waals surface area contributed by atoms with Crippen LogP contribution in [0.1, 0.15) is 18.4 Å². The molecule has 1 aliphatic heterocycles. The zero-order valence-corrected chi connectivity index (χ0v) is 14.0. The lowest BCUT2D eigenvalue weighted by Gasteiger charge is -2.32. The Morgan fingerprint density at radius 1 is 1.32 bits per heavy atom. The highest BCUT2D eigenvalue weighted by atomic mass is 16.4. The zero-order chi connectivity index (χ0) is 17.6. The van der Waals surface area contributed by atoms with Crippen molar-refractivity contribution in [1.29, 1.82) is 0 Å². The number of aliphatic carboxylic acids is 1. The number of hydrogen-bond acceptors (Lipinski definition) is 5. The van der Waals surface area contributed by atoms with E-state index in [1.807, 2.05) is 24.3 Å². The average molecular weight is 338 g/mol. The second-order valence-corrected chi connectivity index (χ2v) is 6.23. The van der Waals surface area contributed by atoms with Crippen LogP contribution in [0, 0.1) is 5.92 Å². The number of rotatable bonds is 5. The normalized spacial score (nSPS) is 15.6. The van der Waals surface area contributed by atoms with Crippen molar-refractivity contribution in [2.24, 2.45) is 11.7 Å². The van der Waals surface area contributed by atoms with Crippen LogP contribution >= 0.6 is 0 Å². The third-order valence-electron chi connectivity index (χ3n) is 4.48. The van der Waals surface area contributed by atoms with E-state index in [2.05, 4.69) is 9.88 Å². The molecule has 6 heteroatoms. The molecule has 0 radical (unpaired) electrons. The summed E-state index contributed by atoms with van der Waals surface area (Å²) >= 11 is 0. The van der Waals surface area contributed by atoms with Crippen LogP contribution in [-0.4, -0.2) is 40.7 Å². The van der Waals surface area contributed by atoms with Crippen LogP contribution in [0.25, 0.3) is 17.3 Å². The summed E-state index contributed by atoms with van der Waals surface area (Å²) in [5.41, 5.74) is 8.19. The molecular formula is C19H22N4O2. The van der Waals surface area contributed by atoms with Gasteiger partial charge < -0.3 is 15.7 Å². The Kier molecular flexibility index (Phi) is 5.40. The van der Waals surface area contributed by atoms with E-state index in [-0.39, 0.29) is 0 Å². The van der Waals surface area contributed by atoms with Gasteiger partial charge >= 0.3 is 5.97 Å². The van der Waals surface area contributed by atoms with Gasteiger partial charge in [-0.25, -0.2) is 9.78 Å². The fourth-order valence-corrected chi connectivity index (χ4v) is 3.01.